The van der Waals surface area contributed by atoms with Crippen LogP contribution in [0.4, 0.5) is 0 Å². The molecule has 0 bridgehead atoms. The van der Waals surface area contributed by atoms with Gasteiger partial charge in [0.25, 0.3) is 5.91 Å². The molecule has 0 aliphatic heterocycles. The fourth-order valence-electron chi connectivity index (χ4n) is 1.72. The van der Waals surface area contributed by atoms with Crippen molar-refractivity contribution in [3.8, 4) is 11.5 Å². The normalized spacial score (nSPS) is 10.6. The highest BCUT2D eigenvalue weighted by atomic mass is 35.5. The summed E-state index contributed by atoms with van der Waals surface area (Å²) >= 11 is 5.76. The van der Waals surface area contributed by atoms with Crippen molar-refractivity contribution in [1.29, 1.82) is 0 Å². The molecule has 22 heavy (non-hydrogen) atoms. The Morgan fingerprint density at radius 1 is 1.32 bits per heavy atom. The SMILES string of the molecule is CCOc1ccc(/C=N/NC(=O)c2ccc(Cl)cc2)cc1O. The van der Waals surface area contributed by atoms with E-state index in [1.54, 1.807) is 36.4 Å². The van der Waals surface area contributed by atoms with E-state index in [4.69, 9.17) is 16.3 Å². The number of phenolic OH excluding ortho intramolecular Hbond substituents is 1. The van der Waals surface area contributed by atoms with Crippen molar-refractivity contribution in [3.05, 3.63) is 58.6 Å². The smallest absolute Gasteiger partial charge is 0.271 e. The maximum Gasteiger partial charge on any atom is 0.271 e. The van der Waals surface area contributed by atoms with E-state index in [0.717, 1.165) is 0 Å². The number of rotatable bonds is 5. The second kappa shape index (κ2) is 7.47. The van der Waals surface area contributed by atoms with Crippen molar-refractivity contribution in [2.24, 2.45) is 5.10 Å². The lowest BCUT2D eigenvalue weighted by Gasteiger charge is -2.05. The Kier molecular flexibility index (Phi) is 5.38. The minimum Gasteiger partial charge on any atom is -0.504 e. The summed E-state index contributed by atoms with van der Waals surface area (Å²) in [5, 5.41) is 14.2. The van der Waals surface area contributed by atoms with E-state index in [1.165, 1.54) is 12.3 Å². The van der Waals surface area contributed by atoms with E-state index in [1.807, 2.05) is 6.92 Å². The van der Waals surface area contributed by atoms with E-state index in [0.29, 0.717) is 28.5 Å². The number of halogens is 1. The van der Waals surface area contributed by atoms with Crippen molar-refractivity contribution < 1.29 is 14.6 Å². The van der Waals surface area contributed by atoms with Crippen LogP contribution in [0.25, 0.3) is 0 Å². The average molecular weight is 319 g/mol. The van der Waals surface area contributed by atoms with Gasteiger partial charge in [0.1, 0.15) is 0 Å². The van der Waals surface area contributed by atoms with Crippen LogP contribution in [-0.4, -0.2) is 23.8 Å². The lowest BCUT2D eigenvalue weighted by Crippen LogP contribution is -2.17. The van der Waals surface area contributed by atoms with Crippen LogP contribution in [0.3, 0.4) is 0 Å². The topological polar surface area (TPSA) is 70.9 Å². The predicted molar refractivity (Wildman–Crippen MR) is 85.8 cm³/mol. The summed E-state index contributed by atoms with van der Waals surface area (Å²) in [7, 11) is 0. The molecule has 114 valence electrons. The molecule has 5 nitrogen and oxygen atoms in total. The quantitative estimate of drug-likeness (QED) is 0.657. The van der Waals surface area contributed by atoms with E-state index in [2.05, 4.69) is 10.5 Å². The molecule has 0 radical (unpaired) electrons. The average Bonchev–Trinajstić information content (AvgIpc) is 2.50. The highest BCUT2D eigenvalue weighted by Gasteiger charge is 2.04. The Balaban J connectivity index is 1.98. The van der Waals surface area contributed by atoms with Gasteiger partial charge in [-0.1, -0.05) is 11.6 Å². The molecule has 0 saturated heterocycles. The van der Waals surface area contributed by atoms with Gasteiger partial charge >= 0.3 is 0 Å². The highest BCUT2D eigenvalue weighted by Crippen LogP contribution is 2.26. The molecule has 0 heterocycles. The molecule has 2 aromatic carbocycles. The minimum absolute atomic E-state index is 0.0230. The fourth-order valence-corrected chi connectivity index (χ4v) is 1.85. The van der Waals surface area contributed by atoms with Gasteiger partial charge in [-0.15, -0.1) is 0 Å². The molecule has 2 N–H and O–H groups in total. The fraction of sp³-hybridized carbons (Fsp3) is 0.125. The number of amides is 1. The number of aromatic hydroxyl groups is 1. The van der Waals surface area contributed by atoms with Crippen molar-refractivity contribution in [2.45, 2.75) is 6.92 Å². The molecule has 2 aromatic rings. The Morgan fingerprint density at radius 2 is 2.05 bits per heavy atom. The van der Waals surface area contributed by atoms with Gasteiger partial charge < -0.3 is 9.84 Å². The van der Waals surface area contributed by atoms with E-state index in [9.17, 15) is 9.90 Å². The molecule has 0 aliphatic rings. The third-order valence-electron chi connectivity index (χ3n) is 2.77. The van der Waals surface area contributed by atoms with Crippen LogP contribution in [-0.2, 0) is 0 Å². The number of ether oxygens (including phenoxy) is 1. The lowest BCUT2D eigenvalue weighted by molar-refractivity contribution is 0.0955. The molecule has 0 fully saturated rings. The number of hydrazone groups is 1. The molecule has 0 aromatic heterocycles. The molecular formula is C16H15ClN2O3. The first kappa shape index (κ1) is 15.9. The second-order valence-corrected chi connectivity index (χ2v) is 4.80. The van der Waals surface area contributed by atoms with Crippen molar-refractivity contribution in [2.75, 3.05) is 6.61 Å². The zero-order chi connectivity index (χ0) is 15.9. The molecule has 1 amide bonds. The number of benzene rings is 2. The second-order valence-electron chi connectivity index (χ2n) is 4.37. The minimum atomic E-state index is -0.344. The summed E-state index contributed by atoms with van der Waals surface area (Å²) in [5.74, 6) is 0.0859. The third-order valence-corrected chi connectivity index (χ3v) is 3.02. The number of hydrogen-bond acceptors (Lipinski definition) is 4. The number of nitrogens with one attached hydrogen (secondary N) is 1. The van der Waals surface area contributed by atoms with Gasteiger partial charge in [0.2, 0.25) is 0 Å². The summed E-state index contributed by atoms with van der Waals surface area (Å²) in [6.07, 6.45) is 1.43. The molecule has 2 rings (SSSR count). The molecular weight excluding hydrogens is 304 g/mol. The number of carbonyl (C=O) groups is 1. The van der Waals surface area contributed by atoms with Crippen LogP contribution in [0.1, 0.15) is 22.8 Å². The summed E-state index contributed by atoms with van der Waals surface area (Å²) in [6.45, 7) is 2.30. The molecule has 0 spiro atoms. The van der Waals surface area contributed by atoms with E-state index in [-0.39, 0.29) is 11.7 Å². The Bertz CT molecular complexity index is 684. The van der Waals surface area contributed by atoms with Gasteiger partial charge in [0, 0.05) is 10.6 Å². The predicted octanol–water partition coefficient (Wildman–Crippen LogP) is 3.21. The Morgan fingerprint density at radius 3 is 2.68 bits per heavy atom. The number of carbonyl (C=O) groups excluding carboxylic acids is 1. The molecule has 6 heteroatoms. The van der Waals surface area contributed by atoms with Gasteiger partial charge in [-0.25, -0.2) is 5.43 Å². The largest absolute Gasteiger partial charge is 0.504 e. The van der Waals surface area contributed by atoms with Crippen molar-refractivity contribution in [3.63, 3.8) is 0 Å². The molecule has 0 unspecified atom stereocenters. The number of phenols is 1. The van der Waals surface area contributed by atoms with Crippen LogP contribution < -0.4 is 10.2 Å². The first-order chi connectivity index (χ1) is 10.6. The molecule has 0 aliphatic carbocycles. The Labute approximate surface area is 133 Å². The van der Waals surface area contributed by atoms with Crippen LogP contribution in [0.15, 0.2) is 47.6 Å². The van der Waals surface area contributed by atoms with Gasteiger partial charge in [-0.2, -0.15) is 5.10 Å². The van der Waals surface area contributed by atoms with Crippen molar-refractivity contribution in [1.82, 2.24) is 5.43 Å². The van der Waals surface area contributed by atoms with Crippen LogP contribution in [0.5, 0.6) is 11.5 Å². The van der Waals surface area contributed by atoms with Crippen LogP contribution in [0.2, 0.25) is 5.02 Å². The van der Waals surface area contributed by atoms with Gasteiger partial charge in [-0.05, 0) is 55.0 Å². The zero-order valence-corrected chi connectivity index (χ0v) is 12.7. The lowest BCUT2D eigenvalue weighted by atomic mass is 10.2. The Hall–Kier alpha value is -2.53. The first-order valence-electron chi connectivity index (χ1n) is 6.65. The zero-order valence-electron chi connectivity index (χ0n) is 11.9. The van der Waals surface area contributed by atoms with Gasteiger partial charge in [0.15, 0.2) is 11.5 Å². The maximum atomic E-state index is 11.8. The maximum absolute atomic E-state index is 11.8. The molecule has 0 atom stereocenters. The summed E-state index contributed by atoms with van der Waals surface area (Å²) in [5.41, 5.74) is 3.49. The highest BCUT2D eigenvalue weighted by molar-refractivity contribution is 6.30. The summed E-state index contributed by atoms with van der Waals surface area (Å²) < 4.78 is 5.23. The summed E-state index contributed by atoms with van der Waals surface area (Å²) in [4.78, 5) is 11.8. The van der Waals surface area contributed by atoms with E-state index >= 15 is 0 Å². The summed E-state index contributed by atoms with van der Waals surface area (Å²) in [6, 6.07) is 11.3. The third kappa shape index (κ3) is 4.23. The van der Waals surface area contributed by atoms with Gasteiger partial charge in [0.05, 0.1) is 12.8 Å². The van der Waals surface area contributed by atoms with E-state index < -0.39 is 0 Å². The van der Waals surface area contributed by atoms with Crippen LogP contribution in [0, 0.1) is 0 Å². The van der Waals surface area contributed by atoms with Crippen molar-refractivity contribution >= 4 is 23.7 Å². The first-order valence-corrected chi connectivity index (χ1v) is 7.02. The standard InChI is InChI=1S/C16H15ClN2O3/c1-2-22-15-8-3-11(9-14(15)20)10-18-19-16(21)12-4-6-13(17)7-5-12/h3-10,20H,2H2,1H3,(H,19,21)/b18-10+. The number of nitrogens with zero attached hydrogens (tertiary/aromatic N) is 1. The number of hydrogen-bond donors (Lipinski definition) is 2. The monoisotopic (exact) mass is 318 g/mol. The van der Waals surface area contributed by atoms with Gasteiger partial charge in [-0.3, -0.25) is 4.79 Å². The molecule has 0 saturated carbocycles. The van der Waals surface area contributed by atoms with Crippen LogP contribution >= 0.6 is 11.6 Å².